The minimum absolute atomic E-state index is 0. The highest BCUT2D eigenvalue weighted by Gasteiger charge is 2.25. The fourth-order valence-electron chi connectivity index (χ4n) is 3.81. The molecule has 0 aliphatic carbocycles. The summed E-state index contributed by atoms with van der Waals surface area (Å²) >= 11 is 0. The van der Waals surface area contributed by atoms with Crippen molar-refractivity contribution in [2.75, 3.05) is 31.1 Å². The van der Waals surface area contributed by atoms with Crippen molar-refractivity contribution in [2.45, 2.75) is 19.4 Å². The Morgan fingerprint density at radius 2 is 1.87 bits per heavy atom. The van der Waals surface area contributed by atoms with Crippen molar-refractivity contribution in [1.82, 2.24) is 25.1 Å². The molecule has 0 saturated carbocycles. The summed E-state index contributed by atoms with van der Waals surface area (Å²) in [4.78, 5) is 25.2. The molecule has 164 valence electrons. The van der Waals surface area contributed by atoms with Gasteiger partial charge in [-0.3, -0.25) is 14.8 Å². The summed E-state index contributed by atoms with van der Waals surface area (Å²) in [7, 11) is 0. The molecule has 2 aromatic heterocycles. The second kappa shape index (κ2) is 9.93. The summed E-state index contributed by atoms with van der Waals surface area (Å²) in [5, 5.41) is 6.84. The van der Waals surface area contributed by atoms with Gasteiger partial charge in [-0.2, -0.15) is 5.10 Å². The van der Waals surface area contributed by atoms with Crippen molar-refractivity contribution < 1.29 is 13.6 Å². The average Bonchev–Trinajstić information content (AvgIpc) is 3.22. The molecule has 1 aromatic carbocycles. The van der Waals surface area contributed by atoms with Gasteiger partial charge in [-0.1, -0.05) is 0 Å². The number of halogens is 3. The van der Waals surface area contributed by atoms with Crippen LogP contribution in [0.3, 0.4) is 0 Å². The molecule has 1 unspecified atom stereocenters. The monoisotopic (exact) mass is 448 g/mol. The van der Waals surface area contributed by atoms with Crippen LogP contribution in [0.2, 0.25) is 0 Å². The van der Waals surface area contributed by atoms with E-state index in [1.807, 2.05) is 11.8 Å². The zero-order valence-electron chi connectivity index (χ0n) is 17.0. The highest BCUT2D eigenvalue weighted by Crippen LogP contribution is 2.23. The number of H-pyrrole nitrogens is 1. The number of benzene rings is 1. The molecule has 1 aliphatic rings. The summed E-state index contributed by atoms with van der Waals surface area (Å²) < 4.78 is 27.1. The van der Waals surface area contributed by atoms with E-state index in [1.54, 1.807) is 24.7 Å². The number of nitrogens with zero attached hydrogens (tertiary/aromatic N) is 5. The standard InChI is InChI=1S/C21H22F2N6O.ClH/c1-14-13-28(7-8-29(14)17-10-15(22)9-16(23)11-17)6-3-19(30)18-12-26-27-20(18)21-24-4-2-5-25-21;/h2,4-5,9-12,14H,3,6-8,13H2,1H3,(H,26,27);1H. The van der Waals surface area contributed by atoms with Gasteiger partial charge in [0.05, 0.1) is 5.56 Å². The second-order valence-corrected chi connectivity index (χ2v) is 7.36. The number of aromatic amines is 1. The van der Waals surface area contributed by atoms with Crippen LogP contribution in [0.15, 0.2) is 42.9 Å². The van der Waals surface area contributed by atoms with Crippen LogP contribution in [0.4, 0.5) is 14.5 Å². The molecule has 0 bridgehead atoms. The number of carbonyl (C=O) groups excluding carboxylic acids is 1. The summed E-state index contributed by atoms with van der Waals surface area (Å²) in [6.45, 7) is 4.64. The normalized spacial score (nSPS) is 16.7. The SMILES string of the molecule is CC1CN(CCC(=O)c2c[nH]nc2-c2ncccn2)CCN1c1cc(F)cc(F)c1.Cl. The van der Waals surface area contributed by atoms with E-state index < -0.39 is 11.6 Å². The van der Waals surface area contributed by atoms with Gasteiger partial charge in [-0.25, -0.2) is 18.7 Å². The van der Waals surface area contributed by atoms with E-state index in [-0.39, 0.29) is 24.2 Å². The third kappa shape index (κ3) is 5.23. The topological polar surface area (TPSA) is 78.0 Å². The van der Waals surface area contributed by atoms with Crippen molar-refractivity contribution >= 4 is 23.9 Å². The molecule has 4 rings (SSSR count). The maximum atomic E-state index is 13.6. The number of hydrogen-bond donors (Lipinski definition) is 1. The van der Waals surface area contributed by atoms with E-state index in [2.05, 4.69) is 25.1 Å². The second-order valence-electron chi connectivity index (χ2n) is 7.36. The Labute approximate surface area is 184 Å². The predicted molar refractivity (Wildman–Crippen MR) is 115 cm³/mol. The van der Waals surface area contributed by atoms with Crippen molar-refractivity contribution in [1.29, 1.82) is 0 Å². The number of anilines is 1. The fraction of sp³-hybridized carbons (Fsp3) is 0.333. The van der Waals surface area contributed by atoms with Crippen LogP contribution < -0.4 is 4.90 Å². The number of aromatic nitrogens is 4. The predicted octanol–water partition coefficient (Wildman–Crippen LogP) is 3.35. The molecule has 1 N–H and O–H groups in total. The zero-order valence-corrected chi connectivity index (χ0v) is 17.8. The summed E-state index contributed by atoms with van der Waals surface area (Å²) in [5.74, 6) is -0.785. The molecule has 0 amide bonds. The number of Topliss-reactive ketones (excluding diaryl/α,β-unsaturated/α-hetero) is 1. The molecule has 0 spiro atoms. The highest BCUT2D eigenvalue weighted by atomic mass is 35.5. The van der Waals surface area contributed by atoms with Gasteiger partial charge in [0.25, 0.3) is 0 Å². The van der Waals surface area contributed by atoms with Gasteiger partial charge in [-0.05, 0) is 25.1 Å². The Hall–Kier alpha value is -2.91. The number of ketones is 1. The van der Waals surface area contributed by atoms with Crippen LogP contribution in [-0.2, 0) is 0 Å². The molecule has 1 aliphatic heterocycles. The first-order valence-electron chi connectivity index (χ1n) is 9.80. The van der Waals surface area contributed by atoms with E-state index in [0.717, 1.165) is 6.07 Å². The van der Waals surface area contributed by atoms with Crippen LogP contribution in [0.25, 0.3) is 11.5 Å². The van der Waals surface area contributed by atoms with E-state index in [9.17, 15) is 13.6 Å². The molecule has 7 nitrogen and oxygen atoms in total. The quantitative estimate of drug-likeness (QED) is 0.583. The number of nitrogens with one attached hydrogen (secondary N) is 1. The van der Waals surface area contributed by atoms with E-state index in [1.165, 1.54) is 12.1 Å². The molecule has 31 heavy (non-hydrogen) atoms. The van der Waals surface area contributed by atoms with Crippen molar-refractivity contribution in [3.05, 3.63) is 60.1 Å². The van der Waals surface area contributed by atoms with Gasteiger partial charge in [0.2, 0.25) is 0 Å². The van der Waals surface area contributed by atoms with E-state index in [0.29, 0.717) is 55.4 Å². The molecule has 0 radical (unpaired) electrons. The maximum absolute atomic E-state index is 13.6. The van der Waals surface area contributed by atoms with Crippen LogP contribution in [0, 0.1) is 11.6 Å². The van der Waals surface area contributed by atoms with Gasteiger partial charge in [0.15, 0.2) is 11.6 Å². The van der Waals surface area contributed by atoms with Gasteiger partial charge >= 0.3 is 0 Å². The van der Waals surface area contributed by atoms with Gasteiger partial charge in [0.1, 0.15) is 17.3 Å². The van der Waals surface area contributed by atoms with Crippen LogP contribution in [0.5, 0.6) is 0 Å². The van der Waals surface area contributed by atoms with Crippen molar-refractivity contribution in [2.24, 2.45) is 0 Å². The fourth-order valence-corrected chi connectivity index (χ4v) is 3.81. The molecular weight excluding hydrogens is 426 g/mol. The lowest BCUT2D eigenvalue weighted by Crippen LogP contribution is -2.52. The molecule has 1 atom stereocenters. The largest absolute Gasteiger partial charge is 0.366 e. The maximum Gasteiger partial charge on any atom is 0.180 e. The van der Waals surface area contributed by atoms with Gasteiger partial charge in [-0.15, -0.1) is 12.4 Å². The molecule has 3 heterocycles. The van der Waals surface area contributed by atoms with Crippen molar-refractivity contribution in [3.63, 3.8) is 0 Å². The lowest BCUT2D eigenvalue weighted by Gasteiger charge is -2.41. The number of piperazine rings is 1. The lowest BCUT2D eigenvalue weighted by molar-refractivity contribution is 0.0959. The minimum atomic E-state index is -0.580. The number of hydrogen-bond acceptors (Lipinski definition) is 6. The van der Waals surface area contributed by atoms with Crippen LogP contribution in [0.1, 0.15) is 23.7 Å². The molecule has 1 saturated heterocycles. The Kier molecular flexibility index (Phi) is 7.29. The molecule has 1 fully saturated rings. The first kappa shape index (κ1) is 22.8. The third-order valence-corrected chi connectivity index (χ3v) is 5.26. The molecular formula is C21H23ClF2N6O. The lowest BCUT2D eigenvalue weighted by atomic mass is 10.1. The average molecular weight is 449 g/mol. The summed E-state index contributed by atoms with van der Waals surface area (Å²) in [6, 6.07) is 5.35. The Morgan fingerprint density at radius 1 is 1.16 bits per heavy atom. The van der Waals surface area contributed by atoms with Gasteiger partial charge in [0, 0.05) is 69.0 Å². The van der Waals surface area contributed by atoms with Crippen LogP contribution >= 0.6 is 12.4 Å². The summed E-state index contributed by atoms with van der Waals surface area (Å²) in [5.41, 5.74) is 1.47. The smallest absolute Gasteiger partial charge is 0.180 e. The first-order valence-corrected chi connectivity index (χ1v) is 9.80. The minimum Gasteiger partial charge on any atom is -0.366 e. The zero-order chi connectivity index (χ0) is 21.1. The Balaban J connectivity index is 0.00000272. The van der Waals surface area contributed by atoms with Crippen molar-refractivity contribution in [3.8, 4) is 11.5 Å². The third-order valence-electron chi connectivity index (χ3n) is 5.26. The highest BCUT2D eigenvalue weighted by molar-refractivity contribution is 6.00. The summed E-state index contributed by atoms with van der Waals surface area (Å²) in [6.07, 6.45) is 5.13. The van der Waals surface area contributed by atoms with Crippen LogP contribution in [-0.4, -0.2) is 63.1 Å². The van der Waals surface area contributed by atoms with E-state index in [4.69, 9.17) is 0 Å². The number of rotatable bonds is 6. The molecule has 10 heteroatoms. The first-order chi connectivity index (χ1) is 14.5. The Morgan fingerprint density at radius 3 is 2.55 bits per heavy atom. The van der Waals surface area contributed by atoms with Gasteiger partial charge < -0.3 is 4.90 Å². The number of carbonyl (C=O) groups is 1. The Bertz CT molecular complexity index is 1010. The van der Waals surface area contributed by atoms with E-state index >= 15 is 0 Å². The molecule has 3 aromatic rings.